The van der Waals surface area contributed by atoms with Gasteiger partial charge in [0.2, 0.25) is 0 Å². The summed E-state index contributed by atoms with van der Waals surface area (Å²) in [5.41, 5.74) is 8.03. The van der Waals surface area contributed by atoms with E-state index in [1.807, 2.05) is 6.07 Å². The van der Waals surface area contributed by atoms with Crippen molar-refractivity contribution in [3.63, 3.8) is 0 Å². The number of rotatable bonds is 4. The molecule has 2 aromatic rings. The summed E-state index contributed by atoms with van der Waals surface area (Å²) in [5.74, 6) is 0.724. The maximum Gasteiger partial charge on any atom is 0.126 e. The predicted octanol–water partition coefficient (Wildman–Crippen LogP) is 3.15. The fourth-order valence-corrected chi connectivity index (χ4v) is 2.10. The van der Waals surface area contributed by atoms with Gasteiger partial charge in [0, 0.05) is 11.0 Å². The molecule has 19 heavy (non-hydrogen) atoms. The van der Waals surface area contributed by atoms with Gasteiger partial charge in [-0.25, -0.2) is 9.37 Å². The molecule has 0 aliphatic heterocycles. The summed E-state index contributed by atoms with van der Waals surface area (Å²) in [6, 6.07) is 5.06. The van der Waals surface area contributed by atoms with Gasteiger partial charge < -0.3 is 10.7 Å². The molecule has 1 aromatic heterocycles. The highest BCUT2D eigenvalue weighted by Gasteiger charge is 2.23. The van der Waals surface area contributed by atoms with Crippen LogP contribution in [0.5, 0.6) is 0 Å². The van der Waals surface area contributed by atoms with Crippen molar-refractivity contribution in [2.45, 2.75) is 32.6 Å². The van der Waals surface area contributed by atoms with E-state index in [-0.39, 0.29) is 11.2 Å². The van der Waals surface area contributed by atoms with Gasteiger partial charge in [0.05, 0.1) is 11.9 Å². The molecule has 0 unspecified atom stereocenters. The third-order valence-electron chi connectivity index (χ3n) is 3.46. The first-order valence-corrected chi connectivity index (χ1v) is 6.46. The topological polar surface area (TPSA) is 54.7 Å². The van der Waals surface area contributed by atoms with E-state index < -0.39 is 0 Å². The number of nitrogens with two attached hydrogens (primary N) is 1. The molecule has 3 N–H and O–H groups in total. The second kappa shape index (κ2) is 5.13. The molecule has 2 rings (SSSR count). The number of nitrogens with zero attached hydrogens (tertiary/aromatic N) is 1. The summed E-state index contributed by atoms with van der Waals surface area (Å²) >= 11 is 0. The molecule has 0 atom stereocenters. The van der Waals surface area contributed by atoms with Crippen LogP contribution >= 0.6 is 0 Å². The fraction of sp³-hybridized carbons (Fsp3) is 0.400. The highest BCUT2D eigenvalue weighted by Crippen LogP contribution is 2.27. The Bertz CT molecular complexity index is 573. The van der Waals surface area contributed by atoms with Crippen molar-refractivity contribution < 1.29 is 4.39 Å². The van der Waals surface area contributed by atoms with E-state index >= 15 is 0 Å². The maximum atomic E-state index is 13.3. The molecule has 0 spiro atoms. The van der Waals surface area contributed by atoms with Gasteiger partial charge in [0.1, 0.15) is 11.6 Å². The first-order chi connectivity index (χ1) is 8.94. The van der Waals surface area contributed by atoms with Crippen LogP contribution in [-0.2, 0) is 5.41 Å². The highest BCUT2D eigenvalue weighted by atomic mass is 19.1. The van der Waals surface area contributed by atoms with Gasteiger partial charge in [-0.05, 0) is 43.7 Å². The lowest BCUT2D eigenvalue weighted by Gasteiger charge is -2.20. The normalized spacial score (nSPS) is 11.8. The summed E-state index contributed by atoms with van der Waals surface area (Å²) < 4.78 is 13.3. The zero-order valence-electron chi connectivity index (χ0n) is 11.6. The number of halogens is 1. The second-order valence-electron chi connectivity index (χ2n) is 5.53. The van der Waals surface area contributed by atoms with Crippen LogP contribution in [0.4, 0.5) is 4.39 Å². The summed E-state index contributed by atoms with van der Waals surface area (Å²) in [5, 5.41) is 0. The van der Waals surface area contributed by atoms with Gasteiger partial charge in [0.25, 0.3) is 0 Å². The maximum absolute atomic E-state index is 13.3. The Morgan fingerprint density at radius 2 is 2.11 bits per heavy atom. The van der Waals surface area contributed by atoms with Crippen LogP contribution in [0.15, 0.2) is 24.4 Å². The largest absolute Gasteiger partial charge is 0.342 e. The number of imidazole rings is 1. The van der Waals surface area contributed by atoms with Crippen LogP contribution in [0, 0.1) is 12.7 Å². The third kappa shape index (κ3) is 2.84. The molecule has 0 aliphatic carbocycles. The van der Waals surface area contributed by atoms with Gasteiger partial charge in [-0.1, -0.05) is 13.8 Å². The average Bonchev–Trinajstić information content (AvgIpc) is 2.83. The lowest BCUT2D eigenvalue weighted by molar-refractivity contribution is 0.462. The number of H-pyrrole nitrogens is 1. The van der Waals surface area contributed by atoms with E-state index in [1.54, 1.807) is 19.2 Å². The molecule has 102 valence electrons. The van der Waals surface area contributed by atoms with Crippen molar-refractivity contribution in [1.82, 2.24) is 9.97 Å². The van der Waals surface area contributed by atoms with E-state index in [0.717, 1.165) is 23.5 Å². The predicted molar refractivity (Wildman–Crippen MR) is 75.4 cm³/mol. The summed E-state index contributed by atoms with van der Waals surface area (Å²) in [6.07, 6.45) is 2.66. The number of aromatic amines is 1. The van der Waals surface area contributed by atoms with Crippen LogP contribution in [-0.4, -0.2) is 16.5 Å². The van der Waals surface area contributed by atoms with Gasteiger partial charge in [0.15, 0.2) is 0 Å². The average molecular weight is 261 g/mol. The third-order valence-corrected chi connectivity index (χ3v) is 3.46. The van der Waals surface area contributed by atoms with Crippen molar-refractivity contribution in [3.05, 3.63) is 41.6 Å². The quantitative estimate of drug-likeness (QED) is 0.888. The lowest BCUT2D eigenvalue weighted by Crippen LogP contribution is -2.23. The van der Waals surface area contributed by atoms with Crippen LogP contribution in [0.3, 0.4) is 0 Å². The van der Waals surface area contributed by atoms with Crippen LogP contribution in [0.1, 0.15) is 31.7 Å². The van der Waals surface area contributed by atoms with Gasteiger partial charge >= 0.3 is 0 Å². The minimum Gasteiger partial charge on any atom is -0.342 e. The van der Waals surface area contributed by atoms with Gasteiger partial charge in [-0.2, -0.15) is 0 Å². The number of aromatic nitrogens is 2. The first-order valence-electron chi connectivity index (χ1n) is 6.46. The summed E-state index contributed by atoms with van der Waals surface area (Å²) in [7, 11) is 0. The Morgan fingerprint density at radius 1 is 1.37 bits per heavy atom. The second-order valence-corrected chi connectivity index (χ2v) is 5.53. The molecule has 0 amide bonds. The summed E-state index contributed by atoms with van der Waals surface area (Å²) in [6.45, 7) is 6.60. The molecule has 4 heteroatoms. The Balaban J connectivity index is 2.33. The first kappa shape index (κ1) is 13.7. The van der Waals surface area contributed by atoms with E-state index in [2.05, 4.69) is 23.8 Å². The molecule has 0 radical (unpaired) electrons. The number of nitrogens with one attached hydrogen (secondary N) is 1. The SMILES string of the molecule is Cc1cc(-c2cnc(C(C)(C)CCN)[nH]2)ccc1F. The standard InChI is InChI=1S/C15H20FN3/c1-10-8-11(4-5-12(10)16)13-9-18-14(19-13)15(2,3)6-7-17/h4-5,8-9H,6-7,17H2,1-3H3,(H,18,19). The molecular weight excluding hydrogens is 241 g/mol. The van der Waals surface area contributed by atoms with Crippen LogP contribution < -0.4 is 5.73 Å². The number of hydrogen-bond donors (Lipinski definition) is 2. The van der Waals surface area contributed by atoms with Crippen molar-refractivity contribution in [1.29, 1.82) is 0 Å². The van der Waals surface area contributed by atoms with Crippen molar-refractivity contribution in [2.75, 3.05) is 6.54 Å². The summed E-state index contributed by atoms with van der Waals surface area (Å²) in [4.78, 5) is 7.74. The minimum absolute atomic E-state index is 0.0813. The van der Waals surface area contributed by atoms with E-state index in [1.165, 1.54) is 6.07 Å². The van der Waals surface area contributed by atoms with Crippen molar-refractivity contribution in [3.8, 4) is 11.3 Å². The Kier molecular flexibility index (Phi) is 3.71. The Hall–Kier alpha value is -1.68. The van der Waals surface area contributed by atoms with E-state index in [4.69, 9.17) is 5.73 Å². The Morgan fingerprint density at radius 3 is 2.74 bits per heavy atom. The van der Waals surface area contributed by atoms with Crippen LogP contribution in [0.2, 0.25) is 0 Å². The fourth-order valence-electron chi connectivity index (χ4n) is 2.10. The van der Waals surface area contributed by atoms with Gasteiger partial charge in [-0.3, -0.25) is 0 Å². The highest BCUT2D eigenvalue weighted by molar-refractivity contribution is 5.59. The van der Waals surface area contributed by atoms with Crippen molar-refractivity contribution in [2.24, 2.45) is 5.73 Å². The van der Waals surface area contributed by atoms with Crippen molar-refractivity contribution >= 4 is 0 Å². The molecule has 1 heterocycles. The monoisotopic (exact) mass is 261 g/mol. The van der Waals surface area contributed by atoms with E-state index in [9.17, 15) is 4.39 Å². The lowest BCUT2D eigenvalue weighted by atomic mass is 9.88. The Labute approximate surface area is 113 Å². The van der Waals surface area contributed by atoms with Crippen LogP contribution in [0.25, 0.3) is 11.3 Å². The molecule has 0 bridgehead atoms. The molecule has 0 fully saturated rings. The molecule has 3 nitrogen and oxygen atoms in total. The number of aryl methyl sites for hydroxylation is 1. The molecule has 0 saturated heterocycles. The number of benzene rings is 1. The molecule has 0 saturated carbocycles. The smallest absolute Gasteiger partial charge is 0.126 e. The number of hydrogen-bond acceptors (Lipinski definition) is 2. The minimum atomic E-state index is -0.188. The van der Waals surface area contributed by atoms with E-state index in [0.29, 0.717) is 12.1 Å². The van der Waals surface area contributed by atoms with Gasteiger partial charge in [-0.15, -0.1) is 0 Å². The zero-order chi connectivity index (χ0) is 14.0. The zero-order valence-corrected chi connectivity index (χ0v) is 11.6. The molecule has 1 aromatic carbocycles. The molecule has 0 aliphatic rings. The molecular formula is C15H20FN3.